The highest BCUT2D eigenvalue weighted by atomic mass is 79.9. The smallest absolute Gasteiger partial charge is 0.241 e. The van der Waals surface area contributed by atoms with E-state index in [-0.39, 0.29) is 21.8 Å². The number of ketones is 2. The molecule has 0 aromatic heterocycles. The van der Waals surface area contributed by atoms with Crippen molar-refractivity contribution < 1.29 is 28.3 Å². The van der Waals surface area contributed by atoms with Crippen molar-refractivity contribution in [3.8, 4) is 0 Å². The number of ether oxygens (including phenoxy) is 1. The summed E-state index contributed by atoms with van der Waals surface area (Å²) in [4.78, 5) is 55.8. The first kappa shape index (κ1) is 22.3. The molecule has 1 aliphatic carbocycles. The van der Waals surface area contributed by atoms with E-state index in [1.54, 1.807) is 36.4 Å². The Morgan fingerprint density at radius 2 is 1.51 bits per heavy atom. The summed E-state index contributed by atoms with van der Waals surface area (Å²) in [5.41, 5.74) is -1.28. The lowest BCUT2D eigenvalue weighted by molar-refractivity contribution is -0.127. The fourth-order valence-corrected chi connectivity index (χ4v) is 5.79. The number of carbonyl (C=O) groups excluding carboxylic acids is 4. The van der Waals surface area contributed by atoms with Gasteiger partial charge in [-0.25, -0.2) is 9.29 Å². The number of halogens is 3. The summed E-state index contributed by atoms with van der Waals surface area (Å²) >= 11 is 9.28. The van der Waals surface area contributed by atoms with Crippen LogP contribution in [0.3, 0.4) is 0 Å². The van der Waals surface area contributed by atoms with Crippen LogP contribution in [0.1, 0.15) is 32.4 Å². The highest BCUT2D eigenvalue weighted by Gasteiger charge is 2.74. The number of anilines is 1. The van der Waals surface area contributed by atoms with E-state index in [1.165, 1.54) is 24.3 Å². The van der Waals surface area contributed by atoms with Gasteiger partial charge in [0.05, 0.1) is 28.6 Å². The zero-order valence-electron chi connectivity index (χ0n) is 17.7. The van der Waals surface area contributed by atoms with Gasteiger partial charge in [0.1, 0.15) is 5.82 Å². The molecule has 2 amide bonds. The van der Waals surface area contributed by atoms with E-state index in [1.807, 2.05) is 0 Å². The van der Waals surface area contributed by atoms with Gasteiger partial charge in [0.15, 0.2) is 0 Å². The van der Waals surface area contributed by atoms with Crippen LogP contribution in [0.5, 0.6) is 0 Å². The van der Waals surface area contributed by atoms with Gasteiger partial charge in [-0.1, -0.05) is 63.9 Å². The highest BCUT2D eigenvalue weighted by Crippen LogP contribution is 2.57. The van der Waals surface area contributed by atoms with E-state index in [2.05, 4.69) is 15.9 Å². The largest absolute Gasteiger partial charge is 0.349 e. The van der Waals surface area contributed by atoms with Gasteiger partial charge in [-0.05, 0) is 35.9 Å². The number of rotatable bonds is 2. The zero-order valence-corrected chi connectivity index (χ0v) is 20.0. The number of benzene rings is 3. The predicted octanol–water partition coefficient (Wildman–Crippen LogP) is 4.94. The molecule has 35 heavy (non-hydrogen) atoms. The SMILES string of the molecule is O=C1[C@@H]2[C@@H](c3ccc(Br)cc3)OC3(C(=O)c4ccccc4C3=O)[C@H]2C(=O)N1c1ccc(F)c(Cl)c1. The topological polar surface area (TPSA) is 80.8 Å². The molecule has 9 heteroatoms. The number of hydrogen-bond acceptors (Lipinski definition) is 5. The second kappa shape index (κ2) is 7.65. The van der Waals surface area contributed by atoms with Gasteiger partial charge in [-0.2, -0.15) is 0 Å². The van der Waals surface area contributed by atoms with E-state index in [4.69, 9.17) is 16.3 Å². The first-order valence-corrected chi connectivity index (χ1v) is 11.9. The average molecular weight is 555 g/mol. The maximum atomic E-state index is 13.8. The van der Waals surface area contributed by atoms with E-state index in [0.29, 0.717) is 5.56 Å². The van der Waals surface area contributed by atoms with Gasteiger partial charge in [-0.3, -0.25) is 19.2 Å². The lowest BCUT2D eigenvalue weighted by Gasteiger charge is -2.27. The van der Waals surface area contributed by atoms with Crippen molar-refractivity contribution in [3.05, 3.63) is 98.7 Å². The molecule has 3 aromatic carbocycles. The quantitative estimate of drug-likeness (QED) is 0.331. The second-order valence-electron chi connectivity index (χ2n) is 8.64. The van der Waals surface area contributed by atoms with Crippen LogP contribution in [0.25, 0.3) is 0 Å². The van der Waals surface area contributed by atoms with Gasteiger partial charge in [0.25, 0.3) is 0 Å². The van der Waals surface area contributed by atoms with Crippen LogP contribution < -0.4 is 4.90 Å². The first-order valence-electron chi connectivity index (χ1n) is 10.7. The van der Waals surface area contributed by atoms with Crippen LogP contribution in [0.4, 0.5) is 10.1 Å². The maximum Gasteiger partial charge on any atom is 0.241 e. The van der Waals surface area contributed by atoms with Crippen molar-refractivity contribution >= 4 is 56.6 Å². The molecule has 6 nitrogen and oxygen atoms in total. The van der Waals surface area contributed by atoms with Crippen LogP contribution in [0.2, 0.25) is 5.02 Å². The summed E-state index contributed by atoms with van der Waals surface area (Å²) in [7, 11) is 0. The molecule has 0 radical (unpaired) electrons. The normalized spacial score (nSPS) is 24.4. The number of imide groups is 1. The Hall–Kier alpha value is -3.20. The standard InChI is InChI=1S/C26H14BrClFNO5/c27-13-7-5-12(6-8-13)21-19-20(25(34)30(24(19)33)14-9-10-18(29)17(28)11-14)26(35-21)22(31)15-3-1-2-4-16(15)23(26)32/h1-11,19-21H/t19-,20+,21+/m0/s1. The average Bonchev–Trinajstić information content (AvgIpc) is 3.41. The Morgan fingerprint density at radius 1 is 0.886 bits per heavy atom. The summed E-state index contributed by atoms with van der Waals surface area (Å²) in [5, 5.41) is -0.268. The fourth-order valence-electron chi connectivity index (χ4n) is 5.35. The number of amides is 2. The molecule has 2 heterocycles. The molecule has 3 aromatic rings. The molecule has 0 saturated carbocycles. The van der Waals surface area contributed by atoms with Crippen LogP contribution in [0.15, 0.2) is 71.2 Å². The lowest BCUT2D eigenvalue weighted by Crippen LogP contribution is -2.51. The van der Waals surface area contributed by atoms with Crippen molar-refractivity contribution in [2.24, 2.45) is 11.8 Å². The molecule has 2 saturated heterocycles. The Kier molecular flexibility index (Phi) is 4.87. The van der Waals surface area contributed by atoms with Crippen LogP contribution in [-0.4, -0.2) is 29.0 Å². The summed E-state index contributed by atoms with van der Waals surface area (Å²) in [6.07, 6.45) is -1.03. The number of nitrogens with zero attached hydrogens (tertiary/aromatic N) is 1. The van der Waals surface area contributed by atoms with Crippen LogP contribution in [0, 0.1) is 17.7 Å². The van der Waals surface area contributed by atoms with E-state index in [9.17, 15) is 23.6 Å². The summed E-state index contributed by atoms with van der Waals surface area (Å²) in [6.45, 7) is 0. The van der Waals surface area contributed by atoms with Crippen molar-refractivity contribution in [1.29, 1.82) is 0 Å². The molecular weight excluding hydrogens is 541 g/mol. The van der Waals surface area contributed by atoms with Gasteiger partial charge < -0.3 is 4.74 Å². The van der Waals surface area contributed by atoms with Crippen molar-refractivity contribution in [2.45, 2.75) is 11.7 Å². The van der Waals surface area contributed by atoms with E-state index in [0.717, 1.165) is 15.4 Å². The number of hydrogen-bond donors (Lipinski definition) is 0. The molecule has 174 valence electrons. The van der Waals surface area contributed by atoms with Crippen molar-refractivity contribution in [3.63, 3.8) is 0 Å². The Morgan fingerprint density at radius 3 is 2.11 bits per heavy atom. The minimum absolute atomic E-state index is 0.0564. The summed E-state index contributed by atoms with van der Waals surface area (Å²) in [5.74, 6) is -5.95. The van der Waals surface area contributed by atoms with Gasteiger partial charge in [-0.15, -0.1) is 0 Å². The second-order valence-corrected chi connectivity index (χ2v) is 9.97. The molecule has 2 fully saturated rings. The van der Waals surface area contributed by atoms with Gasteiger partial charge in [0, 0.05) is 15.6 Å². The van der Waals surface area contributed by atoms with Gasteiger partial charge in [0.2, 0.25) is 29.0 Å². The summed E-state index contributed by atoms with van der Waals surface area (Å²) < 4.78 is 20.8. The number of Topliss-reactive ketones (excluding diaryl/α,β-unsaturated/α-hetero) is 2. The number of fused-ring (bicyclic) bond motifs is 3. The minimum atomic E-state index is -2.17. The summed E-state index contributed by atoms with van der Waals surface area (Å²) in [6, 6.07) is 16.6. The third kappa shape index (κ3) is 2.90. The Balaban J connectivity index is 1.54. The highest BCUT2D eigenvalue weighted by molar-refractivity contribution is 9.10. The van der Waals surface area contributed by atoms with Crippen molar-refractivity contribution in [1.82, 2.24) is 0 Å². The van der Waals surface area contributed by atoms with Gasteiger partial charge >= 0.3 is 0 Å². The van der Waals surface area contributed by atoms with Crippen molar-refractivity contribution in [2.75, 3.05) is 4.90 Å². The monoisotopic (exact) mass is 553 g/mol. The van der Waals surface area contributed by atoms with Crippen LogP contribution >= 0.6 is 27.5 Å². The third-order valence-corrected chi connectivity index (χ3v) is 7.70. The molecule has 3 aliphatic rings. The predicted molar refractivity (Wildman–Crippen MR) is 127 cm³/mol. The zero-order chi connectivity index (χ0) is 24.6. The molecule has 0 N–H and O–H groups in total. The fraction of sp³-hybridized carbons (Fsp3) is 0.154. The molecule has 2 aliphatic heterocycles. The maximum absolute atomic E-state index is 13.8. The molecule has 6 rings (SSSR count). The van der Waals surface area contributed by atoms with Crippen LogP contribution in [-0.2, 0) is 14.3 Å². The van der Waals surface area contributed by atoms with E-state index >= 15 is 0 Å². The first-order chi connectivity index (χ1) is 16.8. The molecule has 3 atom stereocenters. The number of carbonyl (C=O) groups is 4. The molecule has 0 bridgehead atoms. The minimum Gasteiger partial charge on any atom is -0.349 e. The molecule has 0 unspecified atom stereocenters. The molecule has 1 spiro atoms. The Bertz CT molecular complexity index is 1440. The lowest BCUT2D eigenvalue weighted by atomic mass is 9.77. The van der Waals surface area contributed by atoms with E-state index < -0.39 is 52.7 Å². The third-order valence-electron chi connectivity index (χ3n) is 6.88. The Labute approximate surface area is 211 Å². The molecular formula is C26H14BrClFNO5.